The predicted molar refractivity (Wildman–Crippen MR) is 79.6 cm³/mol. The summed E-state index contributed by atoms with van der Waals surface area (Å²) < 4.78 is 0. The van der Waals surface area contributed by atoms with E-state index in [0.717, 1.165) is 18.5 Å². The number of carbonyl (C=O) groups excluding carboxylic acids is 1. The molecule has 1 rings (SSSR count). The molecular formula is C16H26N2O. The number of hydrogen-bond donors (Lipinski definition) is 1. The van der Waals surface area contributed by atoms with Gasteiger partial charge in [0.05, 0.1) is 6.04 Å². The highest BCUT2D eigenvalue weighted by Crippen LogP contribution is 2.20. The molecule has 3 nitrogen and oxygen atoms in total. The maximum Gasteiger partial charge on any atom is 0.240 e. The molecule has 0 aliphatic heterocycles. The Balaban J connectivity index is 2.80. The van der Waals surface area contributed by atoms with Crippen molar-refractivity contribution in [1.82, 2.24) is 4.90 Å². The lowest BCUT2D eigenvalue weighted by molar-refractivity contribution is -0.135. The van der Waals surface area contributed by atoms with Crippen molar-refractivity contribution in [3.05, 3.63) is 35.9 Å². The number of nitrogens with two attached hydrogens (primary N) is 1. The van der Waals surface area contributed by atoms with Gasteiger partial charge in [0.2, 0.25) is 5.91 Å². The van der Waals surface area contributed by atoms with Gasteiger partial charge in [-0.2, -0.15) is 0 Å². The fourth-order valence-electron chi connectivity index (χ4n) is 1.91. The van der Waals surface area contributed by atoms with E-state index in [-0.39, 0.29) is 11.3 Å². The van der Waals surface area contributed by atoms with E-state index < -0.39 is 6.04 Å². The summed E-state index contributed by atoms with van der Waals surface area (Å²) in [6.45, 7) is 9.47. The minimum Gasteiger partial charge on any atom is -0.337 e. The second kappa shape index (κ2) is 6.71. The fraction of sp³-hybridized carbons (Fsp3) is 0.562. The van der Waals surface area contributed by atoms with Crippen LogP contribution in [0.1, 0.15) is 39.7 Å². The van der Waals surface area contributed by atoms with Crippen LogP contribution in [-0.4, -0.2) is 23.4 Å². The molecule has 106 valence electrons. The molecule has 0 saturated heterocycles. The first-order valence-electron chi connectivity index (χ1n) is 6.94. The summed E-state index contributed by atoms with van der Waals surface area (Å²) in [6, 6.07) is 9.59. The molecule has 0 bridgehead atoms. The Bertz CT molecular complexity index is 395. The van der Waals surface area contributed by atoms with Crippen LogP contribution in [-0.2, 0) is 11.3 Å². The molecule has 1 aromatic rings. The molecule has 1 amide bonds. The molecule has 0 aromatic heterocycles. The van der Waals surface area contributed by atoms with E-state index in [0.29, 0.717) is 6.54 Å². The molecule has 0 heterocycles. The maximum atomic E-state index is 12.5. The zero-order valence-electron chi connectivity index (χ0n) is 12.5. The zero-order chi connectivity index (χ0) is 14.5. The van der Waals surface area contributed by atoms with Gasteiger partial charge in [-0.15, -0.1) is 0 Å². The fourth-order valence-corrected chi connectivity index (χ4v) is 1.91. The van der Waals surface area contributed by atoms with Gasteiger partial charge in [0, 0.05) is 13.1 Å². The largest absolute Gasteiger partial charge is 0.337 e. The topological polar surface area (TPSA) is 46.3 Å². The van der Waals surface area contributed by atoms with Crippen molar-refractivity contribution in [2.24, 2.45) is 11.1 Å². The second-order valence-electron chi connectivity index (χ2n) is 6.09. The third-order valence-electron chi connectivity index (χ3n) is 3.22. The van der Waals surface area contributed by atoms with Crippen LogP contribution in [0, 0.1) is 5.41 Å². The number of rotatable bonds is 5. The van der Waals surface area contributed by atoms with E-state index in [1.54, 1.807) is 0 Å². The van der Waals surface area contributed by atoms with E-state index in [1.165, 1.54) is 0 Å². The summed E-state index contributed by atoms with van der Waals surface area (Å²) in [5.74, 6) is 0.0400. The summed E-state index contributed by atoms with van der Waals surface area (Å²) in [5.41, 5.74) is 7.02. The average molecular weight is 262 g/mol. The van der Waals surface area contributed by atoms with Crippen LogP contribution in [0.4, 0.5) is 0 Å². The van der Waals surface area contributed by atoms with Crippen molar-refractivity contribution < 1.29 is 4.79 Å². The summed E-state index contributed by atoms with van der Waals surface area (Å²) in [7, 11) is 0. The Morgan fingerprint density at radius 3 is 2.32 bits per heavy atom. The normalized spacial score (nSPS) is 13.1. The van der Waals surface area contributed by atoms with Gasteiger partial charge in [0.25, 0.3) is 0 Å². The summed E-state index contributed by atoms with van der Waals surface area (Å²) in [4.78, 5) is 14.4. The monoisotopic (exact) mass is 262 g/mol. The Hall–Kier alpha value is -1.35. The van der Waals surface area contributed by atoms with Gasteiger partial charge in [-0.3, -0.25) is 4.79 Å². The molecule has 19 heavy (non-hydrogen) atoms. The molecule has 0 fully saturated rings. The number of amides is 1. The van der Waals surface area contributed by atoms with E-state index in [9.17, 15) is 4.79 Å². The molecule has 0 aliphatic rings. The first-order valence-corrected chi connectivity index (χ1v) is 6.94. The van der Waals surface area contributed by atoms with E-state index in [2.05, 4.69) is 6.92 Å². The van der Waals surface area contributed by atoms with Gasteiger partial charge in [0.1, 0.15) is 0 Å². The number of hydrogen-bond acceptors (Lipinski definition) is 2. The van der Waals surface area contributed by atoms with Crippen molar-refractivity contribution >= 4 is 5.91 Å². The van der Waals surface area contributed by atoms with Crippen molar-refractivity contribution in [2.45, 2.75) is 46.7 Å². The minimum absolute atomic E-state index is 0.0400. The quantitative estimate of drug-likeness (QED) is 0.887. The minimum atomic E-state index is -0.456. The van der Waals surface area contributed by atoms with Crippen LogP contribution >= 0.6 is 0 Å². The van der Waals surface area contributed by atoms with Crippen LogP contribution in [0.15, 0.2) is 30.3 Å². The highest BCUT2D eigenvalue weighted by molar-refractivity contribution is 5.82. The molecule has 0 aliphatic carbocycles. The van der Waals surface area contributed by atoms with Crippen LogP contribution in [0.3, 0.4) is 0 Å². The first-order chi connectivity index (χ1) is 8.86. The number of benzene rings is 1. The molecule has 0 unspecified atom stereocenters. The molecule has 1 aromatic carbocycles. The number of carbonyl (C=O) groups is 1. The third-order valence-corrected chi connectivity index (χ3v) is 3.22. The van der Waals surface area contributed by atoms with Crippen molar-refractivity contribution in [2.75, 3.05) is 6.54 Å². The Labute approximate surface area is 116 Å². The van der Waals surface area contributed by atoms with E-state index in [4.69, 9.17) is 5.73 Å². The highest BCUT2D eigenvalue weighted by Gasteiger charge is 2.30. The second-order valence-corrected chi connectivity index (χ2v) is 6.09. The Kier molecular flexibility index (Phi) is 5.55. The molecular weight excluding hydrogens is 236 g/mol. The van der Waals surface area contributed by atoms with Gasteiger partial charge in [0.15, 0.2) is 0 Å². The summed E-state index contributed by atoms with van der Waals surface area (Å²) >= 11 is 0. The van der Waals surface area contributed by atoms with E-state index in [1.807, 2.05) is 56.0 Å². The predicted octanol–water partition coefficient (Wildman–Crippen LogP) is 2.80. The van der Waals surface area contributed by atoms with Gasteiger partial charge < -0.3 is 10.6 Å². The lowest BCUT2D eigenvalue weighted by Crippen LogP contribution is -2.50. The molecule has 3 heteroatoms. The number of nitrogens with zero attached hydrogens (tertiary/aromatic N) is 1. The average Bonchev–Trinajstić information content (AvgIpc) is 2.36. The van der Waals surface area contributed by atoms with Gasteiger partial charge >= 0.3 is 0 Å². The van der Waals surface area contributed by atoms with Crippen LogP contribution in [0.5, 0.6) is 0 Å². The highest BCUT2D eigenvalue weighted by atomic mass is 16.2. The Morgan fingerprint density at radius 2 is 1.84 bits per heavy atom. The van der Waals surface area contributed by atoms with Crippen molar-refractivity contribution in [1.29, 1.82) is 0 Å². The zero-order valence-corrected chi connectivity index (χ0v) is 12.5. The van der Waals surface area contributed by atoms with Gasteiger partial charge in [-0.25, -0.2) is 0 Å². The Morgan fingerprint density at radius 1 is 1.26 bits per heavy atom. The van der Waals surface area contributed by atoms with Gasteiger partial charge in [-0.1, -0.05) is 58.0 Å². The lowest BCUT2D eigenvalue weighted by atomic mass is 9.86. The third kappa shape index (κ3) is 4.67. The molecule has 0 spiro atoms. The molecule has 2 N–H and O–H groups in total. The van der Waals surface area contributed by atoms with Crippen molar-refractivity contribution in [3.8, 4) is 0 Å². The lowest BCUT2D eigenvalue weighted by Gasteiger charge is -2.32. The SMILES string of the molecule is CCCN(Cc1ccccc1)C(=O)[C@@H](N)C(C)(C)C. The smallest absolute Gasteiger partial charge is 0.240 e. The van der Waals surface area contributed by atoms with Crippen molar-refractivity contribution in [3.63, 3.8) is 0 Å². The summed E-state index contributed by atoms with van der Waals surface area (Å²) in [6.07, 6.45) is 0.940. The molecule has 0 saturated carbocycles. The molecule has 1 atom stereocenters. The summed E-state index contributed by atoms with van der Waals surface area (Å²) in [5, 5.41) is 0. The standard InChI is InChI=1S/C16H26N2O/c1-5-11-18(12-13-9-7-6-8-10-13)15(19)14(17)16(2,3)4/h6-10,14H,5,11-12,17H2,1-4H3/t14-/m1/s1. The van der Waals surface area contributed by atoms with Gasteiger partial charge in [-0.05, 0) is 17.4 Å². The van der Waals surface area contributed by atoms with Crippen LogP contribution < -0.4 is 5.73 Å². The van der Waals surface area contributed by atoms with Crippen LogP contribution in [0.25, 0.3) is 0 Å². The maximum absolute atomic E-state index is 12.5. The van der Waals surface area contributed by atoms with E-state index >= 15 is 0 Å². The van der Waals surface area contributed by atoms with Crippen LogP contribution in [0.2, 0.25) is 0 Å². The first kappa shape index (κ1) is 15.7. The molecule has 0 radical (unpaired) electrons.